The number of hydrogen-bond donors (Lipinski definition) is 4. The Balaban J connectivity index is -0.000000145. The van der Waals surface area contributed by atoms with Crippen LogP contribution in [0.3, 0.4) is 0 Å². The van der Waals surface area contributed by atoms with Crippen molar-refractivity contribution in [2.24, 2.45) is 0 Å². The SMILES string of the molecule is C=C(C)C(=O)O.CC(C)O.CCCCCCCCCCCCCCO.CCCCCCCCCCCCO.[Ti]. The molecule has 0 aliphatic rings. The molecular formula is C33H70O5Ti. The summed E-state index contributed by atoms with van der Waals surface area (Å²) < 4.78 is 0. The van der Waals surface area contributed by atoms with Crippen molar-refractivity contribution in [3.8, 4) is 0 Å². The summed E-state index contributed by atoms with van der Waals surface area (Å²) in [5.74, 6) is -0.935. The first-order valence-electron chi connectivity index (χ1n) is 16.0. The molecule has 0 radical (unpaired) electrons. The summed E-state index contributed by atoms with van der Waals surface area (Å²) in [5, 5.41) is 33.1. The molecule has 4 N–H and O–H groups in total. The average Bonchev–Trinajstić information content (AvgIpc) is 2.87. The molecule has 0 saturated heterocycles. The van der Waals surface area contributed by atoms with Crippen molar-refractivity contribution in [3.63, 3.8) is 0 Å². The van der Waals surface area contributed by atoms with E-state index in [-0.39, 0.29) is 33.4 Å². The normalized spacial score (nSPS) is 9.77. The zero-order valence-corrected chi connectivity index (χ0v) is 28.5. The van der Waals surface area contributed by atoms with Crippen LogP contribution in [0.5, 0.6) is 0 Å². The summed E-state index contributed by atoms with van der Waals surface area (Å²) in [5.41, 5.74) is 0.176. The van der Waals surface area contributed by atoms with Crippen LogP contribution in [0.2, 0.25) is 0 Å². The topological polar surface area (TPSA) is 98.0 Å². The van der Waals surface area contributed by atoms with Crippen molar-refractivity contribution < 1.29 is 46.9 Å². The number of aliphatic hydroxyl groups is 3. The zero-order chi connectivity index (χ0) is 29.7. The Morgan fingerprint density at radius 2 is 0.718 bits per heavy atom. The number of unbranched alkanes of at least 4 members (excludes halogenated alkanes) is 20. The molecule has 0 aliphatic carbocycles. The second kappa shape index (κ2) is 47.6. The fourth-order valence-corrected chi connectivity index (χ4v) is 3.55. The number of rotatable bonds is 23. The predicted octanol–water partition coefficient (Wildman–Crippen LogP) is 9.61. The molecule has 0 amide bonds. The Morgan fingerprint density at radius 3 is 0.846 bits per heavy atom. The fraction of sp³-hybridized carbons (Fsp3) is 0.909. The molecule has 236 valence electrons. The molecule has 6 heteroatoms. The first kappa shape index (κ1) is 48.5. The standard InChI is InChI=1S/C14H30O.C12H26O.C4H6O2.C3H8O.Ti/c1-2-3-4-5-6-7-8-9-10-11-12-13-14-15;1-2-3-4-5-6-7-8-9-10-11-12-13;1-3(2)4(5)6;1-3(2)4;/h15H,2-14H2,1H3;13H,2-12H2,1H3;1H2,2H3,(H,5,6);3-4H,1-2H3;. The van der Waals surface area contributed by atoms with Gasteiger partial charge in [0, 0.05) is 46.6 Å². The van der Waals surface area contributed by atoms with Crippen molar-refractivity contribution >= 4 is 5.97 Å². The molecule has 5 nitrogen and oxygen atoms in total. The van der Waals surface area contributed by atoms with Crippen LogP contribution in [0, 0.1) is 0 Å². The van der Waals surface area contributed by atoms with Crippen molar-refractivity contribution in [1.29, 1.82) is 0 Å². The molecular weight excluding hydrogens is 524 g/mol. The van der Waals surface area contributed by atoms with Gasteiger partial charge in [-0.25, -0.2) is 4.79 Å². The first-order chi connectivity index (χ1) is 18.2. The van der Waals surface area contributed by atoms with Crippen molar-refractivity contribution in [2.75, 3.05) is 13.2 Å². The van der Waals surface area contributed by atoms with Gasteiger partial charge in [0.05, 0.1) is 0 Å². The van der Waals surface area contributed by atoms with Crippen LogP contribution in [-0.2, 0) is 26.5 Å². The maximum absolute atomic E-state index is 9.60. The van der Waals surface area contributed by atoms with Gasteiger partial charge < -0.3 is 20.4 Å². The van der Waals surface area contributed by atoms with E-state index in [2.05, 4.69) is 20.4 Å². The number of carbonyl (C=O) groups is 1. The van der Waals surface area contributed by atoms with Gasteiger partial charge in [-0.1, -0.05) is 149 Å². The summed E-state index contributed by atoms with van der Waals surface area (Å²) in [7, 11) is 0. The summed E-state index contributed by atoms with van der Waals surface area (Å²) in [6.07, 6.45) is 29.4. The minimum Gasteiger partial charge on any atom is -0.478 e. The van der Waals surface area contributed by atoms with Crippen LogP contribution in [0.1, 0.15) is 176 Å². The zero-order valence-electron chi connectivity index (χ0n) is 27.0. The third kappa shape index (κ3) is 72.8. The number of carboxylic acids is 1. The quantitative estimate of drug-likeness (QED) is 0.0536. The molecule has 0 heterocycles. The van der Waals surface area contributed by atoms with Crippen molar-refractivity contribution in [2.45, 2.75) is 182 Å². The molecule has 0 rings (SSSR count). The van der Waals surface area contributed by atoms with Gasteiger partial charge in [0.25, 0.3) is 0 Å². The fourth-order valence-electron chi connectivity index (χ4n) is 3.55. The molecule has 0 aliphatic heterocycles. The Labute approximate surface area is 259 Å². The molecule has 0 saturated carbocycles. The molecule has 0 aromatic rings. The largest absolute Gasteiger partial charge is 0.478 e. The van der Waals surface area contributed by atoms with E-state index in [0.29, 0.717) is 13.2 Å². The molecule has 0 fully saturated rings. The van der Waals surface area contributed by atoms with Gasteiger partial charge >= 0.3 is 5.97 Å². The maximum Gasteiger partial charge on any atom is 0.330 e. The van der Waals surface area contributed by atoms with E-state index in [1.54, 1.807) is 13.8 Å². The molecule has 0 aromatic carbocycles. The Hall–Kier alpha value is -0.196. The van der Waals surface area contributed by atoms with E-state index in [0.717, 1.165) is 12.8 Å². The molecule has 0 spiro atoms. The predicted molar refractivity (Wildman–Crippen MR) is 167 cm³/mol. The van der Waals surface area contributed by atoms with Gasteiger partial charge in [-0.05, 0) is 33.6 Å². The summed E-state index contributed by atoms with van der Waals surface area (Å²) in [6, 6.07) is 0. The van der Waals surface area contributed by atoms with Crippen molar-refractivity contribution in [3.05, 3.63) is 12.2 Å². The average molecular weight is 595 g/mol. The molecule has 0 aromatic heterocycles. The van der Waals surface area contributed by atoms with Crippen LogP contribution in [-0.4, -0.2) is 45.7 Å². The first-order valence-corrected chi connectivity index (χ1v) is 16.0. The van der Waals surface area contributed by atoms with E-state index in [1.807, 2.05) is 0 Å². The van der Waals surface area contributed by atoms with Gasteiger partial charge in [0.1, 0.15) is 0 Å². The third-order valence-electron chi connectivity index (χ3n) is 5.89. The summed E-state index contributed by atoms with van der Waals surface area (Å²) in [6.45, 7) is 13.3. The van der Waals surface area contributed by atoms with Crippen LogP contribution in [0.25, 0.3) is 0 Å². The number of carboxylic acid groups (broad SMARTS) is 1. The third-order valence-corrected chi connectivity index (χ3v) is 5.89. The Bertz CT molecular complexity index is 394. The minimum absolute atomic E-state index is 0. The number of hydrogen-bond acceptors (Lipinski definition) is 4. The molecule has 0 unspecified atom stereocenters. The number of aliphatic hydroxyl groups excluding tert-OH is 3. The Morgan fingerprint density at radius 1 is 0.564 bits per heavy atom. The second-order valence-electron chi connectivity index (χ2n) is 10.7. The number of aliphatic carboxylic acids is 1. The van der Waals surface area contributed by atoms with E-state index in [1.165, 1.54) is 135 Å². The van der Waals surface area contributed by atoms with E-state index in [9.17, 15) is 4.79 Å². The van der Waals surface area contributed by atoms with Crippen LogP contribution < -0.4 is 0 Å². The molecule has 39 heavy (non-hydrogen) atoms. The smallest absolute Gasteiger partial charge is 0.330 e. The minimum atomic E-state index is -0.935. The van der Waals surface area contributed by atoms with E-state index >= 15 is 0 Å². The molecule has 0 atom stereocenters. The van der Waals surface area contributed by atoms with Gasteiger partial charge in [-0.15, -0.1) is 0 Å². The van der Waals surface area contributed by atoms with Crippen molar-refractivity contribution in [1.82, 2.24) is 0 Å². The molecule has 0 bridgehead atoms. The maximum atomic E-state index is 9.60. The van der Waals surface area contributed by atoms with Gasteiger partial charge in [0.2, 0.25) is 0 Å². The van der Waals surface area contributed by atoms with Crippen LogP contribution >= 0.6 is 0 Å². The van der Waals surface area contributed by atoms with Crippen LogP contribution in [0.15, 0.2) is 12.2 Å². The van der Waals surface area contributed by atoms with Gasteiger partial charge in [0.15, 0.2) is 0 Å². The second-order valence-corrected chi connectivity index (χ2v) is 10.7. The monoisotopic (exact) mass is 594 g/mol. The van der Waals surface area contributed by atoms with Gasteiger partial charge in [-0.3, -0.25) is 0 Å². The van der Waals surface area contributed by atoms with Gasteiger partial charge in [-0.2, -0.15) is 0 Å². The summed E-state index contributed by atoms with van der Waals surface area (Å²) >= 11 is 0. The van der Waals surface area contributed by atoms with E-state index in [4.69, 9.17) is 20.4 Å². The summed E-state index contributed by atoms with van der Waals surface area (Å²) in [4.78, 5) is 9.60. The van der Waals surface area contributed by atoms with E-state index < -0.39 is 5.97 Å². The Kier molecular flexibility index (Phi) is 59.2. The van der Waals surface area contributed by atoms with Crippen LogP contribution in [0.4, 0.5) is 0 Å².